The van der Waals surface area contributed by atoms with E-state index in [1.807, 2.05) is 19.1 Å². The van der Waals surface area contributed by atoms with Gasteiger partial charge >= 0.3 is 11.9 Å². The lowest BCUT2D eigenvalue weighted by molar-refractivity contribution is -0.140. The predicted octanol–water partition coefficient (Wildman–Crippen LogP) is 4.83. The molecule has 0 aromatic heterocycles. The van der Waals surface area contributed by atoms with Crippen LogP contribution in [0.4, 0.5) is 0 Å². The van der Waals surface area contributed by atoms with Crippen LogP contribution in [0.25, 0.3) is 0 Å². The van der Waals surface area contributed by atoms with Crippen LogP contribution < -0.4 is 10.1 Å². The molecule has 2 aromatic rings. The molecule has 1 atom stereocenters. The maximum atomic E-state index is 13.5. The zero-order chi connectivity index (χ0) is 26.0. The smallest absolute Gasteiger partial charge is 0.337 e. The highest BCUT2D eigenvalue weighted by molar-refractivity contribution is 6.04. The number of benzene rings is 2. The van der Waals surface area contributed by atoms with Crippen LogP contribution in [0.3, 0.4) is 0 Å². The van der Waals surface area contributed by atoms with Crippen molar-refractivity contribution < 1.29 is 28.6 Å². The number of carbonyl (C=O) groups excluding carboxylic acids is 3. The SMILES string of the molecule is COC(=O)c1ccc([C@H]2C(C(=O)OCc3ccc(OC)cc3)=C(C)NC3=C2C(=O)CC(C)(C)C3)cc1. The van der Waals surface area contributed by atoms with Gasteiger partial charge in [-0.2, -0.15) is 0 Å². The van der Waals surface area contributed by atoms with Gasteiger partial charge in [-0.25, -0.2) is 9.59 Å². The normalized spacial score (nSPS) is 18.8. The first kappa shape index (κ1) is 25.2. The van der Waals surface area contributed by atoms with Crippen LogP contribution in [0.1, 0.15) is 61.0 Å². The van der Waals surface area contributed by atoms with Gasteiger partial charge in [-0.3, -0.25) is 4.79 Å². The molecule has 0 bridgehead atoms. The summed E-state index contributed by atoms with van der Waals surface area (Å²) < 4.78 is 15.7. The first-order valence-electron chi connectivity index (χ1n) is 11.9. The van der Waals surface area contributed by atoms with Crippen LogP contribution >= 0.6 is 0 Å². The van der Waals surface area contributed by atoms with E-state index in [1.54, 1.807) is 43.5 Å². The predicted molar refractivity (Wildman–Crippen MR) is 134 cm³/mol. The number of dihydropyridines is 1. The van der Waals surface area contributed by atoms with Crippen molar-refractivity contribution in [3.8, 4) is 5.75 Å². The molecular formula is C29H31NO6. The van der Waals surface area contributed by atoms with Gasteiger partial charge in [-0.1, -0.05) is 38.1 Å². The zero-order valence-corrected chi connectivity index (χ0v) is 21.3. The number of allylic oxidation sites excluding steroid dienone is 3. The van der Waals surface area contributed by atoms with E-state index < -0.39 is 17.9 Å². The Kier molecular flexibility index (Phi) is 7.02. The number of Topliss-reactive ketones (excluding diaryl/α,β-unsaturated/α-hetero) is 1. The minimum absolute atomic E-state index is 0.00347. The largest absolute Gasteiger partial charge is 0.497 e. The maximum Gasteiger partial charge on any atom is 0.337 e. The van der Waals surface area contributed by atoms with Crippen LogP contribution in [0.2, 0.25) is 0 Å². The molecule has 36 heavy (non-hydrogen) atoms. The molecule has 188 valence electrons. The molecule has 0 saturated carbocycles. The van der Waals surface area contributed by atoms with Crippen molar-refractivity contribution in [3.63, 3.8) is 0 Å². The molecule has 2 aromatic carbocycles. The molecule has 7 nitrogen and oxygen atoms in total. The second-order valence-corrected chi connectivity index (χ2v) is 9.97. The lowest BCUT2D eigenvalue weighted by Crippen LogP contribution is -2.38. The van der Waals surface area contributed by atoms with Crippen LogP contribution in [0.15, 0.2) is 71.1 Å². The number of ketones is 1. The van der Waals surface area contributed by atoms with Crippen molar-refractivity contribution >= 4 is 17.7 Å². The van der Waals surface area contributed by atoms with E-state index in [1.165, 1.54) is 7.11 Å². The van der Waals surface area contributed by atoms with Gasteiger partial charge in [-0.15, -0.1) is 0 Å². The monoisotopic (exact) mass is 489 g/mol. The van der Waals surface area contributed by atoms with Gasteiger partial charge in [0.15, 0.2) is 5.78 Å². The highest BCUT2D eigenvalue weighted by Crippen LogP contribution is 2.46. The second-order valence-electron chi connectivity index (χ2n) is 9.97. The first-order valence-corrected chi connectivity index (χ1v) is 11.9. The number of methoxy groups -OCH3 is 2. The Bertz CT molecular complexity index is 1250. The summed E-state index contributed by atoms with van der Waals surface area (Å²) in [5.41, 5.74) is 4.23. The molecule has 0 unspecified atom stereocenters. The number of nitrogens with one attached hydrogen (secondary N) is 1. The van der Waals surface area contributed by atoms with E-state index in [2.05, 4.69) is 19.2 Å². The Hall–Kier alpha value is -3.87. The molecule has 0 amide bonds. The molecule has 0 fully saturated rings. The van der Waals surface area contributed by atoms with E-state index in [9.17, 15) is 14.4 Å². The second kappa shape index (κ2) is 10.0. The third kappa shape index (κ3) is 5.05. The standard InChI is InChI=1S/C29H31NO6/c1-17-24(28(33)36-16-18-6-12-21(34-4)13-7-18)25(19-8-10-20(11-9-19)27(32)35-5)26-22(30-17)14-29(2,3)15-23(26)31/h6-13,25,30H,14-16H2,1-5H3/t25-/m0/s1. The molecule has 0 spiro atoms. The van der Waals surface area contributed by atoms with Crippen LogP contribution in [-0.2, 0) is 25.7 Å². The molecule has 1 aliphatic carbocycles. The lowest BCUT2D eigenvalue weighted by atomic mass is 9.68. The zero-order valence-electron chi connectivity index (χ0n) is 21.3. The van der Waals surface area contributed by atoms with Crippen molar-refractivity contribution in [1.29, 1.82) is 0 Å². The molecule has 0 radical (unpaired) electrons. The van der Waals surface area contributed by atoms with Gasteiger partial charge in [0, 0.05) is 29.3 Å². The third-order valence-electron chi connectivity index (χ3n) is 6.65. The van der Waals surface area contributed by atoms with Crippen molar-refractivity contribution in [2.75, 3.05) is 14.2 Å². The van der Waals surface area contributed by atoms with Crippen molar-refractivity contribution in [2.24, 2.45) is 5.41 Å². The van der Waals surface area contributed by atoms with Gasteiger partial charge in [0.1, 0.15) is 12.4 Å². The van der Waals surface area contributed by atoms with Crippen molar-refractivity contribution in [3.05, 3.63) is 87.8 Å². The average molecular weight is 490 g/mol. The first-order chi connectivity index (χ1) is 17.1. The maximum absolute atomic E-state index is 13.5. The summed E-state index contributed by atoms with van der Waals surface area (Å²) in [5, 5.41) is 3.33. The Morgan fingerprint density at radius 2 is 1.64 bits per heavy atom. The van der Waals surface area contributed by atoms with E-state index in [-0.39, 0.29) is 17.8 Å². The van der Waals surface area contributed by atoms with E-state index in [0.717, 1.165) is 16.8 Å². The van der Waals surface area contributed by atoms with E-state index >= 15 is 0 Å². The fourth-order valence-corrected chi connectivity index (χ4v) is 4.92. The van der Waals surface area contributed by atoms with Crippen molar-refractivity contribution in [2.45, 2.75) is 46.1 Å². The number of hydrogen-bond donors (Lipinski definition) is 1. The number of esters is 2. The minimum atomic E-state index is -0.597. The Labute approximate surface area is 211 Å². The van der Waals surface area contributed by atoms with Gasteiger partial charge in [-0.05, 0) is 54.2 Å². The van der Waals surface area contributed by atoms with Gasteiger partial charge in [0.25, 0.3) is 0 Å². The molecule has 1 heterocycles. The van der Waals surface area contributed by atoms with E-state index in [4.69, 9.17) is 14.2 Å². The molecule has 1 N–H and O–H groups in total. The average Bonchev–Trinajstić information content (AvgIpc) is 2.85. The van der Waals surface area contributed by atoms with Crippen LogP contribution in [0, 0.1) is 5.41 Å². The Morgan fingerprint density at radius 3 is 2.25 bits per heavy atom. The molecule has 7 heteroatoms. The van der Waals surface area contributed by atoms with Crippen LogP contribution in [0.5, 0.6) is 5.75 Å². The Balaban J connectivity index is 1.70. The quantitative estimate of drug-likeness (QED) is 0.581. The van der Waals surface area contributed by atoms with Crippen LogP contribution in [-0.4, -0.2) is 31.9 Å². The number of carbonyl (C=O) groups is 3. The number of rotatable bonds is 6. The molecule has 2 aliphatic rings. The number of hydrogen-bond acceptors (Lipinski definition) is 7. The summed E-state index contributed by atoms with van der Waals surface area (Å²) in [7, 11) is 2.92. The summed E-state index contributed by atoms with van der Waals surface area (Å²) in [6, 6.07) is 14.1. The fourth-order valence-electron chi connectivity index (χ4n) is 4.92. The summed E-state index contributed by atoms with van der Waals surface area (Å²) in [6.07, 6.45) is 1.08. The van der Waals surface area contributed by atoms with Crippen molar-refractivity contribution in [1.82, 2.24) is 5.32 Å². The number of ether oxygens (including phenoxy) is 3. The summed E-state index contributed by atoms with van der Waals surface area (Å²) in [4.78, 5) is 38.8. The Morgan fingerprint density at radius 1 is 0.972 bits per heavy atom. The van der Waals surface area contributed by atoms with E-state index in [0.29, 0.717) is 41.0 Å². The molecule has 0 saturated heterocycles. The summed E-state index contributed by atoms with van der Waals surface area (Å²) in [5.74, 6) is -0.826. The third-order valence-corrected chi connectivity index (χ3v) is 6.65. The van der Waals surface area contributed by atoms with Gasteiger partial charge < -0.3 is 19.5 Å². The van der Waals surface area contributed by atoms with Gasteiger partial charge in [0.05, 0.1) is 25.4 Å². The highest BCUT2D eigenvalue weighted by Gasteiger charge is 2.43. The van der Waals surface area contributed by atoms with Gasteiger partial charge in [0.2, 0.25) is 0 Å². The summed E-state index contributed by atoms with van der Waals surface area (Å²) >= 11 is 0. The highest BCUT2D eigenvalue weighted by atomic mass is 16.5. The lowest BCUT2D eigenvalue weighted by Gasteiger charge is -2.39. The summed E-state index contributed by atoms with van der Waals surface area (Å²) in [6.45, 7) is 6.04. The molecule has 4 rings (SSSR count). The topological polar surface area (TPSA) is 90.9 Å². The fraction of sp³-hybridized carbons (Fsp3) is 0.345. The molecule has 1 aliphatic heterocycles. The molecular weight excluding hydrogens is 458 g/mol. The minimum Gasteiger partial charge on any atom is -0.497 e.